The molecule has 9 heteroatoms. The zero-order valence-electron chi connectivity index (χ0n) is 16.0. The van der Waals surface area contributed by atoms with Gasteiger partial charge in [0.15, 0.2) is 5.75 Å². The van der Waals surface area contributed by atoms with Gasteiger partial charge in [-0.15, -0.1) is 0 Å². The van der Waals surface area contributed by atoms with Gasteiger partial charge in [-0.1, -0.05) is 12.1 Å². The van der Waals surface area contributed by atoms with Crippen LogP contribution in [0.25, 0.3) is 0 Å². The van der Waals surface area contributed by atoms with Crippen molar-refractivity contribution in [3.63, 3.8) is 0 Å². The van der Waals surface area contributed by atoms with Gasteiger partial charge in [0.05, 0.1) is 18.1 Å². The van der Waals surface area contributed by atoms with Gasteiger partial charge >= 0.3 is 5.69 Å². The van der Waals surface area contributed by atoms with Crippen LogP contribution in [0.1, 0.15) is 22.8 Å². The molecule has 1 aliphatic heterocycles. The fraction of sp³-hybridized carbons (Fsp3) is 0.300. The van der Waals surface area contributed by atoms with Crippen LogP contribution in [0.3, 0.4) is 0 Å². The zero-order chi connectivity index (χ0) is 20.8. The molecule has 0 aliphatic carbocycles. The lowest BCUT2D eigenvalue weighted by atomic mass is 10.1. The zero-order valence-corrected chi connectivity index (χ0v) is 16.0. The van der Waals surface area contributed by atoms with Crippen LogP contribution in [0.5, 0.6) is 5.75 Å². The summed E-state index contributed by atoms with van der Waals surface area (Å²) < 4.78 is 5.23. The third-order valence-electron chi connectivity index (χ3n) is 4.51. The lowest BCUT2D eigenvalue weighted by Gasteiger charge is -2.28. The Labute approximate surface area is 167 Å². The van der Waals surface area contributed by atoms with Crippen LogP contribution in [-0.4, -0.2) is 43.0 Å². The van der Waals surface area contributed by atoms with Crippen molar-refractivity contribution in [3.8, 4) is 5.75 Å². The molecule has 0 atom stereocenters. The molecule has 3 rings (SSSR count). The van der Waals surface area contributed by atoms with E-state index >= 15 is 0 Å². The molecule has 1 saturated heterocycles. The predicted molar refractivity (Wildman–Crippen MR) is 107 cm³/mol. The van der Waals surface area contributed by atoms with E-state index in [1.807, 2.05) is 29.2 Å². The summed E-state index contributed by atoms with van der Waals surface area (Å²) in [7, 11) is 0. The van der Waals surface area contributed by atoms with Crippen molar-refractivity contribution < 1.29 is 19.2 Å². The van der Waals surface area contributed by atoms with E-state index in [2.05, 4.69) is 10.6 Å². The average molecular weight is 398 g/mol. The fourth-order valence-corrected chi connectivity index (χ4v) is 3.05. The van der Waals surface area contributed by atoms with Crippen LogP contribution in [0.4, 0.5) is 11.4 Å². The second kappa shape index (κ2) is 9.05. The molecule has 1 heterocycles. The Kier molecular flexibility index (Phi) is 6.28. The Morgan fingerprint density at radius 3 is 2.69 bits per heavy atom. The summed E-state index contributed by atoms with van der Waals surface area (Å²) in [6.07, 6.45) is 0. The third-order valence-corrected chi connectivity index (χ3v) is 4.51. The summed E-state index contributed by atoms with van der Waals surface area (Å²) in [6, 6.07) is 11.7. The van der Waals surface area contributed by atoms with Crippen LogP contribution in [-0.2, 0) is 11.3 Å². The highest BCUT2D eigenvalue weighted by atomic mass is 16.6. The van der Waals surface area contributed by atoms with Crippen LogP contribution < -0.4 is 20.3 Å². The molecule has 2 N–H and O–H groups in total. The smallest absolute Gasteiger partial charge is 0.311 e. The van der Waals surface area contributed by atoms with Crippen molar-refractivity contribution in [2.75, 3.05) is 31.1 Å². The number of hydrogen-bond donors (Lipinski definition) is 2. The van der Waals surface area contributed by atoms with E-state index in [9.17, 15) is 19.7 Å². The topological polar surface area (TPSA) is 114 Å². The molecule has 152 valence electrons. The van der Waals surface area contributed by atoms with Crippen molar-refractivity contribution in [1.29, 1.82) is 0 Å². The number of piperazine rings is 1. The molecule has 0 radical (unpaired) electrons. The molecule has 0 saturated carbocycles. The van der Waals surface area contributed by atoms with Crippen molar-refractivity contribution in [3.05, 3.63) is 63.7 Å². The quantitative estimate of drug-likeness (QED) is 0.544. The van der Waals surface area contributed by atoms with Gasteiger partial charge in [0, 0.05) is 37.0 Å². The number of carbonyl (C=O) groups excluding carboxylic acids is 2. The van der Waals surface area contributed by atoms with E-state index in [4.69, 9.17) is 4.74 Å². The minimum absolute atomic E-state index is 0.00274. The van der Waals surface area contributed by atoms with Gasteiger partial charge < -0.3 is 20.3 Å². The first-order valence-electron chi connectivity index (χ1n) is 9.28. The second-order valence-corrected chi connectivity index (χ2v) is 6.49. The summed E-state index contributed by atoms with van der Waals surface area (Å²) in [5.41, 5.74) is 1.77. The van der Waals surface area contributed by atoms with Gasteiger partial charge in [0.25, 0.3) is 5.91 Å². The van der Waals surface area contributed by atoms with E-state index in [-0.39, 0.29) is 29.5 Å². The average Bonchev–Trinajstić information content (AvgIpc) is 2.72. The standard InChI is InChI=1S/C20H22N4O5/c1-2-29-18-8-5-15(11-17(18)24(27)28)20(26)22-12-14-3-6-16(7-4-14)23-10-9-21-19(25)13-23/h3-8,11H,2,9-10,12-13H2,1H3,(H,21,25)(H,22,26). The van der Waals surface area contributed by atoms with Crippen LogP contribution >= 0.6 is 0 Å². The van der Waals surface area contributed by atoms with Crippen LogP contribution in [0.15, 0.2) is 42.5 Å². The lowest BCUT2D eigenvalue weighted by Crippen LogP contribution is -2.47. The minimum atomic E-state index is -0.568. The molecule has 9 nitrogen and oxygen atoms in total. The normalized spacial score (nSPS) is 13.6. The van der Waals surface area contributed by atoms with Gasteiger partial charge in [0.1, 0.15) is 0 Å². The van der Waals surface area contributed by atoms with Gasteiger partial charge in [-0.3, -0.25) is 19.7 Å². The SMILES string of the molecule is CCOc1ccc(C(=O)NCc2ccc(N3CCNC(=O)C3)cc2)cc1[N+](=O)[O-]. The van der Waals surface area contributed by atoms with Gasteiger partial charge in [-0.2, -0.15) is 0 Å². The number of nitrogens with one attached hydrogen (secondary N) is 2. The molecule has 2 amide bonds. The van der Waals surface area contributed by atoms with E-state index < -0.39 is 10.8 Å². The third kappa shape index (κ3) is 5.01. The number of amides is 2. The Morgan fingerprint density at radius 1 is 1.28 bits per heavy atom. The van der Waals surface area contributed by atoms with E-state index in [0.717, 1.165) is 17.8 Å². The van der Waals surface area contributed by atoms with Gasteiger partial charge in [-0.05, 0) is 36.8 Å². The Morgan fingerprint density at radius 2 is 2.03 bits per heavy atom. The van der Waals surface area contributed by atoms with Crippen molar-refractivity contribution >= 4 is 23.2 Å². The van der Waals surface area contributed by atoms with E-state index in [0.29, 0.717) is 19.7 Å². The molecular formula is C20H22N4O5. The number of ether oxygens (including phenoxy) is 1. The molecule has 0 aromatic heterocycles. The number of nitro benzene ring substituents is 1. The van der Waals surface area contributed by atoms with Crippen LogP contribution in [0, 0.1) is 10.1 Å². The summed E-state index contributed by atoms with van der Waals surface area (Å²) in [5, 5.41) is 16.7. The molecule has 0 unspecified atom stereocenters. The molecule has 1 fully saturated rings. The summed E-state index contributed by atoms with van der Waals surface area (Å²) in [5.74, 6) is -0.277. The van der Waals surface area contributed by atoms with E-state index in [1.54, 1.807) is 6.92 Å². The first-order valence-corrected chi connectivity index (χ1v) is 9.28. The number of hydrogen-bond acceptors (Lipinski definition) is 6. The van der Waals surface area contributed by atoms with Crippen LogP contribution in [0.2, 0.25) is 0 Å². The predicted octanol–water partition coefficient (Wildman–Crippen LogP) is 1.86. The molecular weight excluding hydrogens is 376 g/mol. The van der Waals surface area contributed by atoms with Crippen molar-refractivity contribution in [1.82, 2.24) is 10.6 Å². The number of anilines is 1. The van der Waals surface area contributed by atoms with E-state index in [1.165, 1.54) is 18.2 Å². The molecule has 29 heavy (non-hydrogen) atoms. The van der Waals surface area contributed by atoms with Crippen molar-refractivity contribution in [2.24, 2.45) is 0 Å². The second-order valence-electron chi connectivity index (χ2n) is 6.49. The Hall–Kier alpha value is -3.62. The number of nitrogens with zero attached hydrogens (tertiary/aromatic N) is 2. The van der Waals surface area contributed by atoms with Gasteiger partial charge in [0.2, 0.25) is 5.91 Å². The molecule has 2 aromatic rings. The number of benzene rings is 2. The number of carbonyl (C=O) groups is 2. The molecule has 1 aliphatic rings. The maximum Gasteiger partial charge on any atom is 0.311 e. The Bertz CT molecular complexity index is 914. The fourth-order valence-electron chi connectivity index (χ4n) is 3.05. The Balaban J connectivity index is 1.62. The molecule has 0 spiro atoms. The highest BCUT2D eigenvalue weighted by Gasteiger charge is 2.19. The number of rotatable bonds is 7. The monoisotopic (exact) mass is 398 g/mol. The van der Waals surface area contributed by atoms with Crippen molar-refractivity contribution in [2.45, 2.75) is 13.5 Å². The first-order chi connectivity index (χ1) is 14.0. The maximum absolute atomic E-state index is 12.4. The highest BCUT2D eigenvalue weighted by Crippen LogP contribution is 2.28. The molecule has 0 bridgehead atoms. The highest BCUT2D eigenvalue weighted by molar-refractivity contribution is 5.95. The summed E-state index contributed by atoms with van der Waals surface area (Å²) >= 11 is 0. The maximum atomic E-state index is 12.4. The number of nitro groups is 1. The first kappa shape index (κ1) is 20.1. The largest absolute Gasteiger partial charge is 0.487 e. The summed E-state index contributed by atoms with van der Waals surface area (Å²) in [4.78, 5) is 36.5. The minimum Gasteiger partial charge on any atom is -0.487 e. The lowest BCUT2D eigenvalue weighted by molar-refractivity contribution is -0.385. The summed E-state index contributed by atoms with van der Waals surface area (Å²) in [6.45, 7) is 4.00. The molecule has 2 aromatic carbocycles. The van der Waals surface area contributed by atoms with Gasteiger partial charge in [-0.25, -0.2) is 0 Å².